The maximum Gasteiger partial charge on any atom is 0.226 e. The number of carbonyl (C=O) groups excluding carboxylic acids is 1. The second kappa shape index (κ2) is 9.61. The van der Waals surface area contributed by atoms with Gasteiger partial charge in [-0.25, -0.2) is 0 Å². The van der Waals surface area contributed by atoms with Gasteiger partial charge in [-0.1, -0.05) is 43.5 Å². The van der Waals surface area contributed by atoms with Crippen LogP contribution in [0.4, 0.5) is 0 Å². The highest BCUT2D eigenvalue weighted by atomic mass is 16.5. The van der Waals surface area contributed by atoms with Crippen LogP contribution in [0.1, 0.15) is 74.8 Å². The monoisotopic (exact) mass is 398 g/mol. The van der Waals surface area contributed by atoms with Crippen LogP contribution in [0.15, 0.2) is 24.3 Å². The van der Waals surface area contributed by atoms with Crippen molar-refractivity contribution < 1.29 is 9.53 Å². The van der Waals surface area contributed by atoms with E-state index in [0.717, 1.165) is 38.6 Å². The molecule has 2 aliphatic heterocycles. The molecule has 160 valence electrons. The first-order chi connectivity index (χ1) is 14.1. The minimum Gasteiger partial charge on any atom is -0.381 e. The van der Waals surface area contributed by atoms with Gasteiger partial charge < -0.3 is 15.0 Å². The Bertz CT molecular complexity index is 677. The number of likely N-dealkylation sites (tertiary alicyclic amines) is 1. The van der Waals surface area contributed by atoms with Gasteiger partial charge >= 0.3 is 0 Å². The minimum absolute atomic E-state index is 0.274. The summed E-state index contributed by atoms with van der Waals surface area (Å²) in [5, 5.41) is 3.43. The predicted octanol–water partition coefficient (Wildman–Crippen LogP) is 4.28. The number of rotatable bonds is 5. The van der Waals surface area contributed by atoms with Crippen LogP contribution in [0.5, 0.6) is 0 Å². The lowest BCUT2D eigenvalue weighted by molar-refractivity contribution is -0.137. The van der Waals surface area contributed by atoms with Crippen LogP contribution in [0, 0.1) is 5.41 Å². The standard InChI is InChI=1S/C25H38N2O2/c1-27-14-6-9-22(19-27)21-8-5-7-20(17-21)18-25(12-15-29-16-13-25)24(28)26-23-10-3-2-4-11-23/h5,7-8,17,22-23H,2-4,6,9-16,18-19H2,1H3,(H,26,28)/t22-/m0/s1. The number of ether oxygens (including phenoxy) is 1. The lowest BCUT2D eigenvalue weighted by Crippen LogP contribution is -2.49. The molecule has 1 N–H and O–H groups in total. The topological polar surface area (TPSA) is 41.6 Å². The van der Waals surface area contributed by atoms with E-state index in [-0.39, 0.29) is 11.3 Å². The van der Waals surface area contributed by atoms with Crippen LogP contribution in [-0.2, 0) is 16.0 Å². The molecule has 1 aromatic rings. The highest BCUT2D eigenvalue weighted by molar-refractivity contribution is 5.83. The van der Waals surface area contributed by atoms with Crippen molar-refractivity contribution in [2.24, 2.45) is 5.41 Å². The lowest BCUT2D eigenvalue weighted by Gasteiger charge is -2.38. The third-order valence-corrected chi connectivity index (χ3v) is 7.46. The van der Waals surface area contributed by atoms with Gasteiger partial charge in [0.15, 0.2) is 0 Å². The van der Waals surface area contributed by atoms with E-state index in [1.54, 1.807) is 0 Å². The van der Waals surface area contributed by atoms with E-state index in [1.165, 1.54) is 49.8 Å². The van der Waals surface area contributed by atoms with Crippen LogP contribution in [0.2, 0.25) is 0 Å². The van der Waals surface area contributed by atoms with Crippen LogP contribution in [0.25, 0.3) is 0 Å². The Hall–Kier alpha value is -1.39. The summed E-state index contributed by atoms with van der Waals surface area (Å²) in [6.45, 7) is 3.75. The van der Waals surface area contributed by atoms with E-state index in [9.17, 15) is 4.79 Å². The van der Waals surface area contributed by atoms with Crippen LogP contribution in [-0.4, -0.2) is 50.2 Å². The summed E-state index contributed by atoms with van der Waals surface area (Å²) in [6.07, 6.45) is 11.2. The van der Waals surface area contributed by atoms with Gasteiger partial charge in [0.2, 0.25) is 5.91 Å². The van der Waals surface area contributed by atoms with Crippen molar-refractivity contribution in [3.63, 3.8) is 0 Å². The van der Waals surface area contributed by atoms with E-state index >= 15 is 0 Å². The molecule has 2 saturated heterocycles. The third-order valence-electron chi connectivity index (χ3n) is 7.46. The summed E-state index contributed by atoms with van der Waals surface area (Å²) in [6, 6.07) is 9.47. The quantitative estimate of drug-likeness (QED) is 0.805. The minimum atomic E-state index is -0.308. The van der Waals surface area contributed by atoms with Crippen LogP contribution >= 0.6 is 0 Å². The van der Waals surface area contributed by atoms with Gasteiger partial charge in [0.05, 0.1) is 5.41 Å². The molecule has 29 heavy (non-hydrogen) atoms. The second-order valence-electron chi connectivity index (χ2n) is 9.72. The number of hydrogen-bond acceptors (Lipinski definition) is 3. The molecule has 1 amide bonds. The Kier molecular flexibility index (Phi) is 6.92. The van der Waals surface area contributed by atoms with Crippen molar-refractivity contribution in [3.05, 3.63) is 35.4 Å². The molecule has 0 unspecified atom stereocenters. The molecule has 0 aromatic heterocycles. The van der Waals surface area contributed by atoms with E-state index in [4.69, 9.17) is 4.74 Å². The molecule has 0 spiro atoms. The van der Waals surface area contributed by atoms with Crippen LogP contribution in [0.3, 0.4) is 0 Å². The molecule has 4 nitrogen and oxygen atoms in total. The molecule has 0 radical (unpaired) electrons. The summed E-state index contributed by atoms with van der Waals surface area (Å²) >= 11 is 0. The van der Waals surface area contributed by atoms with E-state index in [1.807, 2.05) is 0 Å². The van der Waals surface area contributed by atoms with Crippen molar-refractivity contribution in [2.45, 2.75) is 76.2 Å². The molecular formula is C25H38N2O2. The molecule has 2 heterocycles. The average Bonchev–Trinajstić information content (AvgIpc) is 2.75. The van der Waals surface area contributed by atoms with Crippen LogP contribution < -0.4 is 5.32 Å². The molecule has 3 aliphatic rings. The molecular weight excluding hydrogens is 360 g/mol. The number of nitrogens with one attached hydrogen (secondary N) is 1. The van der Waals surface area contributed by atoms with Gasteiger partial charge in [0.1, 0.15) is 0 Å². The van der Waals surface area contributed by atoms with Crippen molar-refractivity contribution in [2.75, 3.05) is 33.4 Å². The number of piperidine rings is 1. The summed E-state index contributed by atoms with van der Waals surface area (Å²) in [5.41, 5.74) is 2.46. The normalized spacial score (nSPS) is 26.2. The molecule has 1 saturated carbocycles. The fourth-order valence-electron chi connectivity index (χ4n) is 5.62. The molecule has 1 aliphatic carbocycles. The highest BCUT2D eigenvalue weighted by Crippen LogP contribution is 2.36. The van der Waals surface area contributed by atoms with Gasteiger partial charge in [0.25, 0.3) is 0 Å². The SMILES string of the molecule is CN1CCC[C@H](c2cccc(CC3(C(=O)NC4CCCCC4)CCOCC3)c2)C1. The number of hydrogen-bond donors (Lipinski definition) is 1. The third kappa shape index (κ3) is 5.21. The first kappa shape index (κ1) is 20.9. The fraction of sp³-hybridized carbons (Fsp3) is 0.720. The second-order valence-corrected chi connectivity index (χ2v) is 9.72. The van der Waals surface area contributed by atoms with Gasteiger partial charge in [-0.2, -0.15) is 0 Å². The number of carbonyl (C=O) groups is 1. The molecule has 0 bridgehead atoms. The van der Waals surface area contributed by atoms with Gasteiger partial charge in [-0.3, -0.25) is 4.79 Å². The van der Waals surface area contributed by atoms with E-state index in [0.29, 0.717) is 25.2 Å². The Balaban J connectivity index is 1.49. The Morgan fingerprint density at radius 2 is 1.93 bits per heavy atom. The average molecular weight is 399 g/mol. The maximum atomic E-state index is 13.4. The van der Waals surface area contributed by atoms with Gasteiger partial charge in [-0.15, -0.1) is 0 Å². The molecule has 4 heteroatoms. The van der Waals surface area contributed by atoms with Crippen molar-refractivity contribution >= 4 is 5.91 Å². The molecule has 3 fully saturated rings. The zero-order valence-corrected chi connectivity index (χ0v) is 18.1. The molecule has 1 atom stereocenters. The number of likely N-dealkylation sites (N-methyl/N-ethyl adjacent to an activating group) is 1. The zero-order valence-electron chi connectivity index (χ0n) is 18.1. The number of benzene rings is 1. The van der Waals surface area contributed by atoms with Crippen molar-refractivity contribution in [1.82, 2.24) is 10.2 Å². The summed E-state index contributed by atoms with van der Waals surface area (Å²) < 4.78 is 5.65. The van der Waals surface area contributed by atoms with Crippen molar-refractivity contribution in [3.8, 4) is 0 Å². The van der Waals surface area contributed by atoms with E-state index in [2.05, 4.69) is 41.5 Å². The summed E-state index contributed by atoms with van der Waals surface area (Å²) in [4.78, 5) is 15.9. The van der Waals surface area contributed by atoms with Gasteiger partial charge in [-0.05, 0) is 75.6 Å². The maximum absolute atomic E-state index is 13.4. The Labute approximate surface area is 176 Å². The summed E-state index contributed by atoms with van der Waals surface area (Å²) in [7, 11) is 2.22. The fourth-order valence-corrected chi connectivity index (χ4v) is 5.62. The smallest absolute Gasteiger partial charge is 0.226 e. The molecule has 1 aromatic carbocycles. The zero-order chi connectivity index (χ0) is 20.1. The Morgan fingerprint density at radius 3 is 2.69 bits per heavy atom. The Morgan fingerprint density at radius 1 is 1.14 bits per heavy atom. The van der Waals surface area contributed by atoms with Crippen molar-refractivity contribution in [1.29, 1.82) is 0 Å². The lowest BCUT2D eigenvalue weighted by atomic mass is 9.73. The highest BCUT2D eigenvalue weighted by Gasteiger charge is 2.41. The first-order valence-electron chi connectivity index (χ1n) is 11.8. The first-order valence-corrected chi connectivity index (χ1v) is 11.8. The summed E-state index contributed by atoms with van der Waals surface area (Å²) in [5.74, 6) is 0.894. The predicted molar refractivity (Wildman–Crippen MR) is 117 cm³/mol. The molecule has 4 rings (SSSR count). The van der Waals surface area contributed by atoms with Gasteiger partial charge in [0, 0.05) is 25.8 Å². The largest absolute Gasteiger partial charge is 0.381 e. The number of amides is 1. The number of nitrogens with zero attached hydrogens (tertiary/aromatic N) is 1. The van der Waals surface area contributed by atoms with E-state index < -0.39 is 0 Å².